The zero-order valence-corrected chi connectivity index (χ0v) is 43.9. The van der Waals surface area contributed by atoms with E-state index in [1.54, 1.807) is 104 Å². The number of carbonyl (C=O) groups excluding carboxylic acids is 6. The van der Waals surface area contributed by atoms with Gasteiger partial charge >= 0.3 is 36.3 Å². The van der Waals surface area contributed by atoms with E-state index in [2.05, 4.69) is 0 Å². The predicted molar refractivity (Wildman–Crippen MR) is 257 cm³/mol. The van der Waals surface area contributed by atoms with Gasteiger partial charge in [-0.15, -0.1) is 0 Å². The Kier molecular flexibility index (Phi) is 25.4. The van der Waals surface area contributed by atoms with Gasteiger partial charge in [-0.2, -0.15) is 9.80 Å². The van der Waals surface area contributed by atoms with E-state index in [0.29, 0.717) is 29.4 Å². The summed E-state index contributed by atoms with van der Waals surface area (Å²) in [5.41, 5.74) is -1.66. The van der Waals surface area contributed by atoms with E-state index in [1.807, 2.05) is 60.7 Å². The van der Waals surface area contributed by atoms with Crippen molar-refractivity contribution in [1.82, 2.24) is 9.80 Å². The molecule has 69 heavy (non-hydrogen) atoms. The Morgan fingerprint density at radius 3 is 1.04 bits per heavy atom. The van der Waals surface area contributed by atoms with Crippen LogP contribution in [0, 0.1) is 0 Å². The van der Waals surface area contributed by atoms with Crippen molar-refractivity contribution in [1.29, 1.82) is 0 Å². The number of ether oxygens (including phenoxy) is 9. The lowest BCUT2D eigenvalue weighted by Gasteiger charge is -2.32. The molecule has 0 saturated carbocycles. The Morgan fingerprint density at radius 2 is 0.783 bits per heavy atom. The molecule has 0 saturated heterocycles. The van der Waals surface area contributed by atoms with Crippen molar-refractivity contribution in [3.05, 3.63) is 71.8 Å². The third kappa shape index (κ3) is 25.2. The van der Waals surface area contributed by atoms with E-state index in [9.17, 15) is 33.9 Å². The minimum absolute atomic E-state index is 0.168. The van der Waals surface area contributed by atoms with Crippen molar-refractivity contribution in [2.24, 2.45) is 0 Å². The van der Waals surface area contributed by atoms with Gasteiger partial charge in [0.25, 0.3) is 0 Å². The Labute approximate surface area is 409 Å². The summed E-state index contributed by atoms with van der Waals surface area (Å²) in [6.45, 7) is 26.7. The Morgan fingerprint density at radius 1 is 0.493 bits per heavy atom. The third-order valence-corrected chi connectivity index (χ3v) is 9.10. The number of aliphatic hydroxyl groups excluding tert-OH is 1. The number of rotatable bonds is 19. The molecule has 390 valence electrons. The van der Waals surface area contributed by atoms with Crippen LogP contribution in [0.5, 0.6) is 0 Å². The fraction of sp³-hybridized carbons (Fsp3) is 0.647. The molecule has 2 rings (SSSR count). The molecular weight excluding hydrogens is 897 g/mol. The molecule has 6 atom stereocenters. The second-order valence-corrected chi connectivity index (χ2v) is 20.3. The van der Waals surface area contributed by atoms with Crippen LogP contribution in [0.4, 0.5) is 19.2 Å². The first kappa shape index (κ1) is 61.7. The molecule has 0 aliphatic rings. The van der Waals surface area contributed by atoms with E-state index in [1.165, 1.54) is 13.8 Å². The van der Waals surface area contributed by atoms with Crippen molar-refractivity contribution in [3.63, 3.8) is 0 Å². The van der Waals surface area contributed by atoms with Crippen molar-refractivity contribution >= 4 is 36.3 Å². The zero-order chi connectivity index (χ0) is 52.9. The van der Waals surface area contributed by atoms with Gasteiger partial charge in [0.1, 0.15) is 46.7 Å². The summed E-state index contributed by atoms with van der Waals surface area (Å²) in [5, 5.41) is 9.43. The molecule has 0 bridgehead atoms. The number of methoxy groups -OCH3 is 1. The van der Waals surface area contributed by atoms with Crippen molar-refractivity contribution in [2.75, 3.05) is 20.3 Å². The van der Waals surface area contributed by atoms with Crippen LogP contribution in [0.15, 0.2) is 60.7 Å². The molecule has 0 spiro atoms. The van der Waals surface area contributed by atoms with Crippen molar-refractivity contribution < 1.29 is 76.5 Å². The fourth-order valence-corrected chi connectivity index (χ4v) is 5.78. The average molecular weight is 977 g/mol. The van der Waals surface area contributed by atoms with Gasteiger partial charge < -0.3 is 47.7 Å². The number of imide groups is 2. The van der Waals surface area contributed by atoms with Crippen LogP contribution in [0.3, 0.4) is 0 Å². The molecule has 18 heteroatoms. The SMILES string of the molecule is COCCC(OCc1ccccc1)[C@H](C)OC(=O)[C@H](C)N(C(=O)OC(C)(C)C)C(=O)OC(C)(C)C.C[C@H](OC(=O)[C@H](C)N(C(=O)OC(C)(C)C)C(=O)OC(C)(C)C)C(CCO)OCc1ccccc1. The first-order chi connectivity index (χ1) is 31.8. The summed E-state index contributed by atoms with van der Waals surface area (Å²) in [4.78, 5) is 78.3. The number of nitrogens with zero attached hydrogens (tertiary/aromatic N) is 2. The normalized spacial score (nSPS) is 14.5. The number of benzene rings is 2. The molecule has 0 heterocycles. The molecule has 2 unspecified atom stereocenters. The molecule has 4 amide bonds. The Bertz CT molecular complexity index is 1830. The minimum Gasteiger partial charge on any atom is -0.458 e. The number of amides is 4. The largest absolute Gasteiger partial charge is 0.458 e. The standard InChI is InChI=1S/C26H41NO8.C25H39NO8/c1-18(27(23(29)34-25(3,4)5)24(30)35-26(6,7)8)22(28)33-19(2)21(15-16-31-9)32-17-20-13-11-10-12-14-20;1-17(26(22(29)33-24(3,4)5)23(30)34-25(6,7)8)21(28)32-18(2)20(14-15-27)31-16-19-12-10-9-11-13-19/h10-14,18-19,21H,15-17H2,1-9H3;9-13,17-18,20,27H,14-16H2,1-8H3/t18-,19-,21?;17-,18-,20?/m00/s1. The van der Waals surface area contributed by atoms with Crippen molar-refractivity contribution in [2.45, 2.75) is 196 Å². The molecule has 0 aromatic heterocycles. The predicted octanol–water partition coefficient (Wildman–Crippen LogP) is 9.55. The average Bonchev–Trinajstić information content (AvgIpc) is 3.20. The maximum absolute atomic E-state index is 13.0. The van der Waals surface area contributed by atoms with Gasteiger partial charge in [-0.25, -0.2) is 28.8 Å². The Hall–Kier alpha value is -5.30. The zero-order valence-electron chi connectivity index (χ0n) is 43.9. The first-order valence-electron chi connectivity index (χ1n) is 23.1. The van der Waals surface area contributed by atoms with Crippen LogP contribution in [0.25, 0.3) is 0 Å². The van der Waals surface area contributed by atoms with Gasteiger partial charge in [-0.1, -0.05) is 60.7 Å². The topological polar surface area (TPSA) is 212 Å². The van der Waals surface area contributed by atoms with E-state index in [0.717, 1.165) is 11.1 Å². The van der Waals surface area contributed by atoms with E-state index < -0.39 is 95.2 Å². The highest BCUT2D eigenvalue weighted by atomic mass is 16.6. The van der Waals surface area contributed by atoms with E-state index >= 15 is 0 Å². The van der Waals surface area contributed by atoms with Crippen LogP contribution in [0.2, 0.25) is 0 Å². The summed E-state index contributed by atoms with van der Waals surface area (Å²) in [6.07, 6.45) is -5.84. The number of carbonyl (C=O) groups is 6. The molecule has 0 aliphatic carbocycles. The molecule has 18 nitrogen and oxygen atoms in total. The van der Waals surface area contributed by atoms with Crippen molar-refractivity contribution in [3.8, 4) is 0 Å². The second kappa shape index (κ2) is 28.4. The van der Waals surface area contributed by atoms with E-state index in [4.69, 9.17) is 42.6 Å². The van der Waals surface area contributed by atoms with Gasteiger partial charge in [-0.3, -0.25) is 0 Å². The minimum atomic E-state index is -1.32. The number of esters is 2. The number of hydrogen-bond acceptors (Lipinski definition) is 16. The summed E-state index contributed by atoms with van der Waals surface area (Å²) in [7, 11) is 1.58. The van der Waals surface area contributed by atoms with Gasteiger partial charge in [0.15, 0.2) is 0 Å². The summed E-state index contributed by atoms with van der Waals surface area (Å²) < 4.78 is 49.5. The number of aliphatic hydroxyl groups is 1. The quantitative estimate of drug-likeness (QED) is 0.103. The maximum atomic E-state index is 13.0. The fourth-order valence-electron chi connectivity index (χ4n) is 5.78. The summed E-state index contributed by atoms with van der Waals surface area (Å²) >= 11 is 0. The molecule has 0 fully saturated rings. The number of hydrogen-bond donors (Lipinski definition) is 1. The smallest absolute Gasteiger partial charge is 0.420 e. The van der Waals surface area contributed by atoms with E-state index in [-0.39, 0.29) is 19.6 Å². The molecule has 2 aromatic carbocycles. The highest BCUT2D eigenvalue weighted by molar-refractivity contribution is 5.94. The third-order valence-electron chi connectivity index (χ3n) is 9.10. The van der Waals surface area contributed by atoms with Crippen LogP contribution < -0.4 is 0 Å². The highest BCUT2D eigenvalue weighted by Crippen LogP contribution is 2.22. The molecule has 0 aliphatic heterocycles. The summed E-state index contributed by atoms with van der Waals surface area (Å²) in [5.74, 6) is -1.63. The van der Waals surface area contributed by atoms with Gasteiger partial charge in [0.2, 0.25) is 0 Å². The monoisotopic (exact) mass is 977 g/mol. The van der Waals surface area contributed by atoms with Crippen LogP contribution >= 0.6 is 0 Å². The maximum Gasteiger partial charge on any atom is 0.420 e. The van der Waals surface area contributed by atoms with Gasteiger partial charge in [0, 0.05) is 33.2 Å². The lowest BCUT2D eigenvalue weighted by atomic mass is 10.1. The highest BCUT2D eigenvalue weighted by Gasteiger charge is 2.41. The van der Waals surface area contributed by atoms with Crippen LogP contribution in [-0.2, 0) is 65.4 Å². The lowest BCUT2D eigenvalue weighted by Crippen LogP contribution is -2.52. The van der Waals surface area contributed by atoms with Gasteiger partial charge in [-0.05, 0) is 122 Å². The summed E-state index contributed by atoms with van der Waals surface area (Å²) in [6, 6.07) is 16.4. The van der Waals surface area contributed by atoms with Gasteiger partial charge in [0.05, 0.1) is 25.4 Å². The van der Waals surface area contributed by atoms with Crippen LogP contribution in [-0.4, -0.2) is 130 Å². The molecule has 1 N–H and O–H groups in total. The van der Waals surface area contributed by atoms with Crippen LogP contribution in [0.1, 0.15) is 135 Å². The molecule has 2 aromatic rings. The molecule has 0 radical (unpaired) electrons. The molecular formula is C51H80N2O16. The Balaban J connectivity index is 0.000000690. The second-order valence-electron chi connectivity index (χ2n) is 20.3. The first-order valence-corrected chi connectivity index (χ1v) is 23.1. The lowest BCUT2D eigenvalue weighted by molar-refractivity contribution is -0.163.